The van der Waals surface area contributed by atoms with Crippen molar-refractivity contribution in [2.45, 2.75) is 6.54 Å². The molecular formula is C14H23N5O3S. The number of sulfonamides is 1. The average molecular weight is 341 g/mol. The first-order valence-electron chi connectivity index (χ1n) is 7.44. The Morgan fingerprint density at radius 2 is 2.00 bits per heavy atom. The third kappa shape index (κ3) is 5.77. The molecule has 0 spiro atoms. The summed E-state index contributed by atoms with van der Waals surface area (Å²) >= 11 is 0. The maximum Gasteiger partial charge on any atom is 0.235 e. The zero-order chi connectivity index (χ0) is 16.9. The van der Waals surface area contributed by atoms with E-state index in [9.17, 15) is 13.2 Å². The van der Waals surface area contributed by atoms with Crippen LogP contribution in [0.3, 0.4) is 0 Å². The standard InChI is InChI=1S/C14H23N5O3S/c1-18-6-8-19(9-7-18)14-12(4-3-5-15-14)10-16-13(20)11-17-23(2,21)22/h3-5,17H,6-11H2,1-2H3,(H,16,20). The molecule has 23 heavy (non-hydrogen) atoms. The highest BCUT2D eigenvalue weighted by Crippen LogP contribution is 2.18. The summed E-state index contributed by atoms with van der Waals surface area (Å²) in [6.45, 7) is 3.79. The Morgan fingerprint density at radius 1 is 1.30 bits per heavy atom. The SMILES string of the molecule is CN1CCN(c2ncccc2CNC(=O)CNS(C)(=O)=O)CC1. The summed E-state index contributed by atoms with van der Waals surface area (Å²) in [6, 6.07) is 3.75. The van der Waals surface area contributed by atoms with Crippen LogP contribution in [0.5, 0.6) is 0 Å². The minimum atomic E-state index is -3.37. The quantitative estimate of drug-likeness (QED) is 0.689. The summed E-state index contributed by atoms with van der Waals surface area (Å²) in [5, 5.41) is 2.72. The van der Waals surface area contributed by atoms with Gasteiger partial charge in [-0.25, -0.2) is 18.1 Å². The highest BCUT2D eigenvalue weighted by molar-refractivity contribution is 7.88. The first-order valence-corrected chi connectivity index (χ1v) is 9.33. The lowest BCUT2D eigenvalue weighted by atomic mass is 10.2. The van der Waals surface area contributed by atoms with E-state index in [1.165, 1.54) is 0 Å². The molecule has 0 unspecified atom stereocenters. The van der Waals surface area contributed by atoms with Crippen LogP contribution in [0, 0.1) is 0 Å². The molecule has 2 heterocycles. The van der Waals surface area contributed by atoms with Gasteiger partial charge in [-0.1, -0.05) is 6.07 Å². The van der Waals surface area contributed by atoms with E-state index in [1.54, 1.807) is 6.20 Å². The van der Waals surface area contributed by atoms with Gasteiger partial charge in [-0.15, -0.1) is 0 Å². The molecule has 8 nitrogen and oxygen atoms in total. The third-order valence-corrected chi connectivity index (χ3v) is 4.31. The van der Waals surface area contributed by atoms with E-state index in [2.05, 4.69) is 31.9 Å². The highest BCUT2D eigenvalue weighted by Gasteiger charge is 2.18. The van der Waals surface area contributed by atoms with Gasteiger partial charge in [0, 0.05) is 44.5 Å². The molecule has 128 valence electrons. The van der Waals surface area contributed by atoms with Gasteiger partial charge in [-0.3, -0.25) is 4.79 Å². The van der Waals surface area contributed by atoms with E-state index in [1.807, 2.05) is 12.1 Å². The number of likely N-dealkylation sites (N-methyl/N-ethyl adjacent to an activating group) is 1. The second-order valence-electron chi connectivity index (χ2n) is 5.65. The molecule has 0 aliphatic carbocycles. The normalized spacial score (nSPS) is 16.3. The van der Waals surface area contributed by atoms with E-state index in [0.717, 1.165) is 43.8 Å². The molecule has 0 saturated carbocycles. The molecular weight excluding hydrogens is 318 g/mol. The zero-order valence-electron chi connectivity index (χ0n) is 13.4. The van der Waals surface area contributed by atoms with Crippen molar-refractivity contribution in [1.82, 2.24) is 19.9 Å². The predicted molar refractivity (Wildman–Crippen MR) is 88.6 cm³/mol. The van der Waals surface area contributed by atoms with Gasteiger partial charge in [-0.2, -0.15) is 0 Å². The van der Waals surface area contributed by atoms with Crippen molar-refractivity contribution in [3.8, 4) is 0 Å². The summed E-state index contributed by atoms with van der Waals surface area (Å²) in [5.41, 5.74) is 0.921. The molecule has 2 N–H and O–H groups in total. The fourth-order valence-corrected chi connectivity index (χ4v) is 2.72. The number of hydrogen-bond donors (Lipinski definition) is 2. The van der Waals surface area contributed by atoms with Gasteiger partial charge in [0.15, 0.2) is 0 Å². The fourth-order valence-electron chi connectivity index (χ4n) is 2.32. The van der Waals surface area contributed by atoms with Gasteiger partial charge >= 0.3 is 0 Å². The van der Waals surface area contributed by atoms with Crippen molar-refractivity contribution in [2.75, 3.05) is 50.9 Å². The lowest BCUT2D eigenvalue weighted by molar-refractivity contribution is -0.120. The van der Waals surface area contributed by atoms with Crippen LogP contribution in [0.4, 0.5) is 5.82 Å². The van der Waals surface area contributed by atoms with Crippen LogP contribution >= 0.6 is 0 Å². The minimum Gasteiger partial charge on any atom is -0.354 e. The largest absolute Gasteiger partial charge is 0.354 e. The number of hydrogen-bond acceptors (Lipinski definition) is 6. The molecule has 1 aliphatic heterocycles. The van der Waals surface area contributed by atoms with Crippen molar-refractivity contribution in [3.05, 3.63) is 23.9 Å². The number of amides is 1. The van der Waals surface area contributed by atoms with E-state index >= 15 is 0 Å². The Hall–Kier alpha value is -1.71. The predicted octanol–water partition coefficient (Wildman–Crippen LogP) is -1.00. The Kier molecular flexibility index (Phi) is 5.91. The highest BCUT2D eigenvalue weighted by atomic mass is 32.2. The number of piperazine rings is 1. The first-order chi connectivity index (χ1) is 10.8. The number of carbonyl (C=O) groups is 1. The smallest absolute Gasteiger partial charge is 0.235 e. The van der Waals surface area contributed by atoms with Crippen LogP contribution in [0.15, 0.2) is 18.3 Å². The molecule has 9 heteroatoms. The van der Waals surface area contributed by atoms with E-state index in [4.69, 9.17) is 0 Å². The van der Waals surface area contributed by atoms with Crippen LogP contribution in [0.2, 0.25) is 0 Å². The van der Waals surface area contributed by atoms with Crippen molar-refractivity contribution in [3.63, 3.8) is 0 Å². The summed E-state index contributed by atoms with van der Waals surface area (Å²) in [5.74, 6) is 0.501. The van der Waals surface area contributed by atoms with Crippen molar-refractivity contribution >= 4 is 21.7 Å². The maximum atomic E-state index is 11.7. The molecule has 0 bridgehead atoms. The molecule has 1 aromatic heterocycles. The second kappa shape index (κ2) is 7.71. The number of nitrogens with one attached hydrogen (secondary N) is 2. The van der Waals surface area contributed by atoms with Gasteiger partial charge in [0.25, 0.3) is 0 Å². The molecule has 0 atom stereocenters. The zero-order valence-corrected chi connectivity index (χ0v) is 14.3. The summed E-state index contributed by atoms with van der Waals surface area (Å²) < 4.78 is 24.1. The monoisotopic (exact) mass is 341 g/mol. The molecule has 1 amide bonds. The Bertz CT molecular complexity index is 642. The van der Waals surface area contributed by atoms with Gasteiger partial charge < -0.3 is 15.1 Å². The molecule has 2 rings (SSSR count). The van der Waals surface area contributed by atoms with Crippen LogP contribution in [0.25, 0.3) is 0 Å². The first kappa shape index (κ1) is 17.6. The van der Waals surface area contributed by atoms with Gasteiger partial charge in [-0.05, 0) is 13.1 Å². The van der Waals surface area contributed by atoms with Gasteiger partial charge in [0.2, 0.25) is 15.9 Å². The molecule has 0 aromatic carbocycles. The number of rotatable bonds is 6. The summed E-state index contributed by atoms with van der Waals surface area (Å²) in [7, 11) is -1.28. The Morgan fingerprint density at radius 3 is 2.65 bits per heavy atom. The second-order valence-corrected chi connectivity index (χ2v) is 7.48. The van der Waals surface area contributed by atoms with E-state index < -0.39 is 10.0 Å². The summed E-state index contributed by atoms with van der Waals surface area (Å²) in [6.07, 6.45) is 2.76. The van der Waals surface area contributed by atoms with Crippen molar-refractivity contribution < 1.29 is 13.2 Å². The number of pyridine rings is 1. The number of anilines is 1. The Balaban J connectivity index is 1.94. The van der Waals surface area contributed by atoms with E-state index in [-0.39, 0.29) is 12.5 Å². The average Bonchev–Trinajstić information content (AvgIpc) is 2.51. The van der Waals surface area contributed by atoms with Crippen molar-refractivity contribution in [1.29, 1.82) is 0 Å². The van der Waals surface area contributed by atoms with Gasteiger partial charge in [0.1, 0.15) is 5.82 Å². The Labute approximate surface area is 136 Å². The van der Waals surface area contributed by atoms with Crippen LogP contribution in [0.1, 0.15) is 5.56 Å². The molecule has 1 saturated heterocycles. The maximum absolute atomic E-state index is 11.7. The number of nitrogens with zero attached hydrogens (tertiary/aromatic N) is 3. The lowest BCUT2D eigenvalue weighted by Gasteiger charge is -2.34. The molecule has 1 aliphatic rings. The van der Waals surface area contributed by atoms with Crippen LogP contribution in [-0.2, 0) is 21.4 Å². The minimum absolute atomic E-state index is 0.261. The topological polar surface area (TPSA) is 94.6 Å². The van der Waals surface area contributed by atoms with Crippen LogP contribution in [-0.4, -0.2) is 70.2 Å². The molecule has 0 radical (unpaired) electrons. The lowest BCUT2D eigenvalue weighted by Crippen LogP contribution is -2.45. The number of aromatic nitrogens is 1. The molecule has 1 aromatic rings. The molecule has 1 fully saturated rings. The van der Waals surface area contributed by atoms with Crippen molar-refractivity contribution in [2.24, 2.45) is 0 Å². The fraction of sp³-hybridized carbons (Fsp3) is 0.571. The van der Waals surface area contributed by atoms with E-state index in [0.29, 0.717) is 6.54 Å². The third-order valence-electron chi connectivity index (χ3n) is 3.64. The summed E-state index contributed by atoms with van der Waals surface area (Å²) in [4.78, 5) is 20.6. The van der Waals surface area contributed by atoms with Gasteiger partial charge in [0.05, 0.1) is 12.8 Å². The number of carbonyl (C=O) groups excluding carboxylic acids is 1. The van der Waals surface area contributed by atoms with Crippen LogP contribution < -0.4 is 14.9 Å².